The van der Waals surface area contributed by atoms with E-state index in [0.717, 1.165) is 9.44 Å². The van der Waals surface area contributed by atoms with Crippen LogP contribution in [0.15, 0.2) is 0 Å². The van der Waals surface area contributed by atoms with E-state index in [1.165, 1.54) is 0 Å². The summed E-state index contributed by atoms with van der Waals surface area (Å²) in [6.07, 6.45) is 0.0333. The Labute approximate surface area is 71.6 Å². The molecular weight excluding hydrogens is 251 g/mol. The van der Waals surface area contributed by atoms with Crippen molar-refractivity contribution in [2.75, 3.05) is 17.7 Å². The van der Waals surface area contributed by atoms with Crippen molar-refractivity contribution < 1.29 is 9.77 Å². The largest absolute Gasteiger partial charge is 0.349 e. The molecule has 0 spiro atoms. The molecule has 1 rings (SSSR count). The molecule has 0 aromatic heterocycles. The van der Waals surface area contributed by atoms with Crippen molar-refractivity contribution in [2.45, 2.75) is 6.10 Å². The van der Waals surface area contributed by atoms with Gasteiger partial charge >= 0.3 is 0 Å². The van der Waals surface area contributed by atoms with Gasteiger partial charge in [0, 0.05) is 4.43 Å². The molecule has 0 aliphatic carbocycles. The second-order valence-corrected chi connectivity index (χ2v) is 2.88. The molecule has 1 unspecified atom stereocenters. The molecule has 0 saturated carbocycles. The van der Waals surface area contributed by atoms with Gasteiger partial charge in [0.1, 0.15) is 6.54 Å². The van der Waals surface area contributed by atoms with Crippen LogP contribution >= 0.6 is 22.6 Å². The van der Waals surface area contributed by atoms with Crippen LogP contribution < -0.4 is 0 Å². The summed E-state index contributed by atoms with van der Waals surface area (Å²) < 4.78 is 5.86. The Hall–Kier alpha value is -0.110. The van der Waals surface area contributed by atoms with Crippen molar-refractivity contribution in [3.63, 3.8) is 0 Å². The van der Waals surface area contributed by atoms with E-state index >= 15 is 0 Å². The number of ether oxygens (including phenoxy) is 1. The summed E-state index contributed by atoms with van der Waals surface area (Å²) in [5, 5.41) is 10.8. The maximum absolute atomic E-state index is 10.1. The van der Waals surface area contributed by atoms with Crippen molar-refractivity contribution in [3.05, 3.63) is 10.1 Å². The third kappa shape index (κ3) is 1.69. The average Bonchev–Trinajstić information content (AvgIpc) is 2.34. The smallest absolute Gasteiger partial charge is 0.177 e. The third-order valence-electron chi connectivity index (χ3n) is 1.28. The SMILES string of the molecule is O=[N+]([O-])N1COC(CI)C1. The van der Waals surface area contributed by atoms with Gasteiger partial charge in [0.15, 0.2) is 11.8 Å². The minimum Gasteiger partial charge on any atom is -0.349 e. The van der Waals surface area contributed by atoms with Gasteiger partial charge in [-0.2, -0.15) is 0 Å². The van der Waals surface area contributed by atoms with E-state index in [1.807, 2.05) is 0 Å². The van der Waals surface area contributed by atoms with Gasteiger partial charge in [-0.15, -0.1) is 5.01 Å². The number of nitrogens with zero attached hydrogens (tertiary/aromatic N) is 2. The molecule has 1 aliphatic rings. The molecule has 0 aromatic carbocycles. The zero-order valence-corrected chi connectivity index (χ0v) is 7.35. The van der Waals surface area contributed by atoms with Gasteiger partial charge in [-0.3, -0.25) is 0 Å². The summed E-state index contributed by atoms with van der Waals surface area (Å²) >= 11 is 2.15. The van der Waals surface area contributed by atoms with Crippen molar-refractivity contribution in [1.82, 2.24) is 5.01 Å². The van der Waals surface area contributed by atoms with Gasteiger partial charge in [0.05, 0.1) is 6.10 Å². The molecule has 5 nitrogen and oxygen atoms in total. The van der Waals surface area contributed by atoms with Crippen LogP contribution in [0.4, 0.5) is 0 Å². The van der Waals surface area contributed by atoms with E-state index in [-0.39, 0.29) is 12.8 Å². The molecule has 1 fully saturated rings. The lowest BCUT2D eigenvalue weighted by Gasteiger charge is -2.01. The lowest BCUT2D eigenvalue weighted by molar-refractivity contribution is -0.654. The summed E-state index contributed by atoms with van der Waals surface area (Å²) in [6.45, 7) is 0.538. The van der Waals surface area contributed by atoms with Gasteiger partial charge < -0.3 is 4.74 Å². The number of hydrogen-bond donors (Lipinski definition) is 0. The molecule has 0 aromatic rings. The van der Waals surface area contributed by atoms with Crippen molar-refractivity contribution >= 4 is 22.6 Å². The highest BCUT2D eigenvalue weighted by molar-refractivity contribution is 14.1. The van der Waals surface area contributed by atoms with Crippen LogP contribution in [0.5, 0.6) is 0 Å². The Morgan fingerprint density at radius 2 is 2.60 bits per heavy atom. The fraction of sp³-hybridized carbons (Fsp3) is 1.00. The number of halogens is 1. The minimum atomic E-state index is -0.424. The first-order valence-electron chi connectivity index (χ1n) is 2.81. The highest BCUT2D eigenvalue weighted by Crippen LogP contribution is 2.09. The molecule has 0 N–H and O–H groups in total. The number of hydrazine groups is 1. The zero-order chi connectivity index (χ0) is 7.56. The number of nitro groups is 1. The predicted molar refractivity (Wildman–Crippen MR) is 42.3 cm³/mol. The number of alkyl halides is 1. The van der Waals surface area contributed by atoms with E-state index in [9.17, 15) is 10.1 Å². The third-order valence-corrected chi connectivity index (χ3v) is 2.26. The monoisotopic (exact) mass is 258 g/mol. The molecule has 1 atom stereocenters. The fourth-order valence-corrected chi connectivity index (χ4v) is 1.27. The molecule has 58 valence electrons. The molecule has 1 aliphatic heterocycles. The Morgan fingerprint density at radius 1 is 1.90 bits per heavy atom. The average molecular weight is 258 g/mol. The Morgan fingerprint density at radius 3 is 2.90 bits per heavy atom. The van der Waals surface area contributed by atoms with Crippen molar-refractivity contribution in [2.24, 2.45) is 0 Å². The molecule has 10 heavy (non-hydrogen) atoms. The van der Waals surface area contributed by atoms with Crippen LogP contribution in [0.1, 0.15) is 0 Å². The highest BCUT2D eigenvalue weighted by atomic mass is 127. The molecular formula is C4H7IN2O3. The first-order chi connectivity index (χ1) is 4.74. The minimum absolute atomic E-state index is 0.0333. The Bertz CT molecular complexity index is 142. The Balaban J connectivity index is 2.35. The molecule has 0 amide bonds. The van der Waals surface area contributed by atoms with Crippen LogP contribution in [0.25, 0.3) is 0 Å². The summed E-state index contributed by atoms with van der Waals surface area (Å²) in [5.41, 5.74) is 0. The van der Waals surface area contributed by atoms with Crippen molar-refractivity contribution in [1.29, 1.82) is 0 Å². The standard InChI is InChI=1S/C4H7IN2O3/c5-1-4-2-6(3-10-4)7(8)9/h4H,1-3H2. The van der Waals surface area contributed by atoms with E-state index < -0.39 is 5.03 Å². The van der Waals surface area contributed by atoms with Gasteiger partial charge in [-0.05, 0) is 0 Å². The molecule has 0 bridgehead atoms. The molecule has 6 heteroatoms. The summed E-state index contributed by atoms with van der Waals surface area (Å²) in [5.74, 6) is 0. The van der Waals surface area contributed by atoms with Crippen LogP contribution in [0.2, 0.25) is 0 Å². The van der Waals surface area contributed by atoms with Gasteiger partial charge in [0.2, 0.25) is 0 Å². The molecule has 0 radical (unpaired) electrons. The van der Waals surface area contributed by atoms with Gasteiger partial charge in [-0.25, -0.2) is 10.1 Å². The van der Waals surface area contributed by atoms with Crippen LogP contribution in [-0.4, -0.2) is 33.8 Å². The fourth-order valence-electron chi connectivity index (χ4n) is 0.739. The normalized spacial score (nSPS) is 25.3. The predicted octanol–water partition coefficient (Wildman–Crippen LogP) is 0.271. The quantitative estimate of drug-likeness (QED) is 0.309. The molecule has 1 saturated heterocycles. The Kier molecular flexibility index (Phi) is 2.66. The summed E-state index contributed by atoms with van der Waals surface area (Å²) in [6, 6.07) is 0. The molecule has 1 heterocycles. The second-order valence-electron chi connectivity index (χ2n) is 2.00. The lowest BCUT2D eigenvalue weighted by Crippen LogP contribution is -2.28. The van der Waals surface area contributed by atoms with Gasteiger partial charge in [-0.1, -0.05) is 22.6 Å². The number of rotatable bonds is 2. The number of hydrogen-bond acceptors (Lipinski definition) is 3. The first-order valence-corrected chi connectivity index (χ1v) is 4.33. The van der Waals surface area contributed by atoms with E-state index in [1.54, 1.807) is 0 Å². The van der Waals surface area contributed by atoms with Crippen LogP contribution in [0, 0.1) is 10.1 Å². The van der Waals surface area contributed by atoms with Crippen LogP contribution in [0.3, 0.4) is 0 Å². The maximum atomic E-state index is 10.1. The summed E-state index contributed by atoms with van der Waals surface area (Å²) in [4.78, 5) is 10.1. The van der Waals surface area contributed by atoms with E-state index in [0.29, 0.717) is 6.54 Å². The first kappa shape index (κ1) is 7.99. The highest BCUT2D eigenvalue weighted by Gasteiger charge is 2.28. The van der Waals surface area contributed by atoms with Crippen molar-refractivity contribution in [3.8, 4) is 0 Å². The van der Waals surface area contributed by atoms with E-state index in [2.05, 4.69) is 22.6 Å². The zero-order valence-electron chi connectivity index (χ0n) is 5.20. The maximum Gasteiger partial charge on any atom is 0.177 e. The second kappa shape index (κ2) is 3.33. The summed E-state index contributed by atoms with van der Waals surface area (Å²) in [7, 11) is 0. The van der Waals surface area contributed by atoms with Crippen LogP contribution in [-0.2, 0) is 4.74 Å². The lowest BCUT2D eigenvalue weighted by atomic mass is 10.4. The topological polar surface area (TPSA) is 55.6 Å². The van der Waals surface area contributed by atoms with Gasteiger partial charge in [0.25, 0.3) is 0 Å². The van der Waals surface area contributed by atoms with E-state index in [4.69, 9.17) is 4.74 Å².